The van der Waals surface area contributed by atoms with Gasteiger partial charge in [-0.05, 0) is 24.6 Å². The molecule has 0 radical (unpaired) electrons. The van der Waals surface area contributed by atoms with Gasteiger partial charge in [-0.1, -0.05) is 11.6 Å². The zero-order chi connectivity index (χ0) is 12.5. The molecule has 94 valence electrons. The highest BCUT2D eigenvalue weighted by Crippen LogP contribution is 2.35. The number of nitrogens with one attached hydrogen (secondary N) is 1. The lowest BCUT2D eigenvalue weighted by Crippen LogP contribution is -2.36. The Bertz CT molecular complexity index is 518. The van der Waals surface area contributed by atoms with E-state index in [9.17, 15) is 8.42 Å². The second kappa shape index (κ2) is 4.92. The van der Waals surface area contributed by atoms with Gasteiger partial charge in [0.25, 0.3) is 10.0 Å². The predicted molar refractivity (Wildman–Crippen MR) is 68.4 cm³/mol. The summed E-state index contributed by atoms with van der Waals surface area (Å²) in [6.07, 6.45) is 0.941. The second-order valence-electron chi connectivity index (χ2n) is 3.67. The Morgan fingerprint density at radius 1 is 1.41 bits per heavy atom. The van der Waals surface area contributed by atoms with Gasteiger partial charge in [-0.2, -0.15) is 0 Å². The van der Waals surface area contributed by atoms with Crippen LogP contribution in [-0.2, 0) is 10.0 Å². The molecular formula is C10H11Cl2NO3S. The van der Waals surface area contributed by atoms with Crippen molar-refractivity contribution in [2.45, 2.75) is 18.3 Å². The normalized spacial score (nSPS) is 21.2. The van der Waals surface area contributed by atoms with E-state index in [1.807, 2.05) is 0 Å². The SMILES string of the molecule is O=S1(=O)Nc2cc(Cl)ccc2OC1CCCCl. The zero-order valence-corrected chi connectivity index (χ0v) is 11.1. The third-order valence-corrected chi connectivity index (χ3v) is 4.40. The molecule has 1 aromatic rings. The minimum Gasteiger partial charge on any atom is -0.470 e. The molecule has 0 amide bonds. The van der Waals surface area contributed by atoms with Crippen molar-refractivity contribution in [1.29, 1.82) is 0 Å². The number of sulfonamides is 1. The summed E-state index contributed by atoms with van der Waals surface area (Å²) in [5.41, 5.74) is -0.519. The molecule has 0 aromatic heterocycles. The number of benzene rings is 1. The topological polar surface area (TPSA) is 55.4 Å². The van der Waals surface area contributed by atoms with Gasteiger partial charge in [-0.15, -0.1) is 11.6 Å². The smallest absolute Gasteiger partial charge is 0.271 e. The van der Waals surface area contributed by atoms with Gasteiger partial charge in [0.05, 0.1) is 5.69 Å². The molecular weight excluding hydrogens is 285 g/mol. The molecule has 0 saturated heterocycles. The van der Waals surface area contributed by atoms with Crippen LogP contribution < -0.4 is 9.46 Å². The van der Waals surface area contributed by atoms with Crippen molar-refractivity contribution in [1.82, 2.24) is 0 Å². The summed E-state index contributed by atoms with van der Waals surface area (Å²) in [4.78, 5) is 0. The van der Waals surface area contributed by atoms with Crippen LogP contribution in [0.25, 0.3) is 0 Å². The van der Waals surface area contributed by atoms with Gasteiger partial charge in [-0.3, -0.25) is 4.72 Å². The number of anilines is 1. The minimum absolute atomic E-state index is 0.362. The van der Waals surface area contributed by atoms with Gasteiger partial charge in [0.2, 0.25) is 5.44 Å². The number of rotatable bonds is 3. The van der Waals surface area contributed by atoms with E-state index in [0.29, 0.717) is 35.2 Å². The summed E-state index contributed by atoms with van der Waals surface area (Å²) < 4.78 is 31.6. The van der Waals surface area contributed by atoms with Gasteiger partial charge >= 0.3 is 0 Å². The van der Waals surface area contributed by atoms with Crippen LogP contribution in [0.4, 0.5) is 5.69 Å². The molecule has 4 nitrogen and oxygen atoms in total. The van der Waals surface area contributed by atoms with Crippen molar-refractivity contribution in [3.05, 3.63) is 23.2 Å². The van der Waals surface area contributed by atoms with Gasteiger partial charge in [-0.25, -0.2) is 8.42 Å². The van der Waals surface area contributed by atoms with Crippen molar-refractivity contribution in [2.24, 2.45) is 0 Å². The van der Waals surface area contributed by atoms with Crippen LogP contribution in [0.15, 0.2) is 18.2 Å². The molecule has 1 aliphatic rings. The largest absolute Gasteiger partial charge is 0.470 e. The van der Waals surface area contributed by atoms with Crippen molar-refractivity contribution in [3.8, 4) is 5.75 Å². The zero-order valence-electron chi connectivity index (χ0n) is 8.82. The molecule has 7 heteroatoms. The van der Waals surface area contributed by atoms with Crippen molar-refractivity contribution in [3.63, 3.8) is 0 Å². The van der Waals surface area contributed by atoms with Gasteiger partial charge in [0.15, 0.2) is 0 Å². The number of halogens is 2. The van der Waals surface area contributed by atoms with E-state index in [1.165, 1.54) is 6.07 Å². The first-order chi connectivity index (χ1) is 8.03. The van der Waals surface area contributed by atoms with Crippen molar-refractivity contribution < 1.29 is 13.2 Å². The fourth-order valence-electron chi connectivity index (χ4n) is 1.57. The summed E-state index contributed by atoms with van der Waals surface area (Å²) in [6.45, 7) is 0. The Morgan fingerprint density at radius 3 is 2.88 bits per heavy atom. The highest BCUT2D eigenvalue weighted by molar-refractivity contribution is 7.93. The molecule has 1 unspecified atom stereocenters. The molecule has 1 atom stereocenters. The first kappa shape index (κ1) is 12.8. The van der Waals surface area contributed by atoms with Crippen LogP contribution in [0.5, 0.6) is 5.75 Å². The molecule has 0 saturated carbocycles. The van der Waals surface area contributed by atoms with Crippen LogP contribution in [0, 0.1) is 0 Å². The lowest BCUT2D eigenvalue weighted by Gasteiger charge is -2.27. The third kappa shape index (κ3) is 2.78. The molecule has 1 N–H and O–H groups in total. The number of fused-ring (bicyclic) bond motifs is 1. The Labute approximate surface area is 110 Å². The summed E-state index contributed by atoms with van der Waals surface area (Å²) in [6, 6.07) is 4.82. The maximum atomic E-state index is 11.8. The first-order valence-corrected chi connectivity index (χ1v) is 7.52. The fraction of sp³-hybridized carbons (Fsp3) is 0.400. The standard InChI is InChI=1S/C10H11Cl2NO3S/c11-5-1-2-10-16-9-4-3-7(12)6-8(9)13-17(10,14)15/h3-4,6,10,13H,1-2,5H2. The molecule has 1 aliphatic heterocycles. The van der Waals surface area contributed by atoms with E-state index in [4.69, 9.17) is 27.9 Å². The van der Waals surface area contributed by atoms with Crippen LogP contribution >= 0.6 is 23.2 Å². The van der Waals surface area contributed by atoms with Gasteiger partial charge in [0, 0.05) is 17.3 Å². The van der Waals surface area contributed by atoms with E-state index in [2.05, 4.69) is 4.72 Å². The number of ether oxygens (including phenoxy) is 1. The van der Waals surface area contributed by atoms with Gasteiger partial charge < -0.3 is 4.74 Å². The Hall–Kier alpha value is -0.650. The number of hydrogen-bond acceptors (Lipinski definition) is 3. The van der Waals surface area contributed by atoms with Crippen molar-refractivity contribution >= 4 is 38.9 Å². The average Bonchev–Trinajstić information content (AvgIpc) is 2.25. The van der Waals surface area contributed by atoms with Crippen molar-refractivity contribution in [2.75, 3.05) is 10.6 Å². The Balaban J connectivity index is 2.28. The molecule has 0 bridgehead atoms. The van der Waals surface area contributed by atoms with E-state index in [0.717, 1.165) is 0 Å². The molecule has 17 heavy (non-hydrogen) atoms. The molecule has 1 heterocycles. The Kier molecular flexibility index (Phi) is 3.70. The lowest BCUT2D eigenvalue weighted by molar-refractivity contribution is 0.259. The molecule has 0 aliphatic carbocycles. The fourth-order valence-corrected chi connectivity index (χ4v) is 3.20. The van der Waals surface area contributed by atoms with Crippen LogP contribution in [0.3, 0.4) is 0 Å². The quantitative estimate of drug-likeness (QED) is 0.873. The third-order valence-electron chi connectivity index (χ3n) is 2.37. The summed E-state index contributed by atoms with van der Waals surface area (Å²) >= 11 is 11.3. The first-order valence-electron chi connectivity index (χ1n) is 5.07. The summed E-state index contributed by atoms with van der Waals surface area (Å²) in [7, 11) is -3.52. The monoisotopic (exact) mass is 295 g/mol. The maximum absolute atomic E-state index is 11.8. The van der Waals surface area contributed by atoms with Gasteiger partial charge in [0.1, 0.15) is 5.75 Å². The predicted octanol–water partition coefficient (Wildman–Crippen LogP) is 2.82. The lowest BCUT2D eigenvalue weighted by atomic mass is 10.3. The summed E-state index contributed by atoms with van der Waals surface area (Å²) in [5, 5.41) is 0.453. The molecule has 1 aromatic carbocycles. The van der Waals surface area contributed by atoms with E-state index in [-0.39, 0.29) is 0 Å². The summed E-state index contributed by atoms with van der Waals surface area (Å²) in [5.74, 6) is 0.895. The van der Waals surface area contributed by atoms with E-state index >= 15 is 0 Å². The number of alkyl halides is 1. The van der Waals surface area contributed by atoms with Crippen LogP contribution in [-0.4, -0.2) is 19.7 Å². The maximum Gasteiger partial charge on any atom is 0.271 e. The minimum atomic E-state index is -3.52. The van der Waals surface area contributed by atoms with Crippen LogP contribution in [0.2, 0.25) is 5.02 Å². The average molecular weight is 296 g/mol. The molecule has 2 rings (SSSR count). The molecule has 0 spiro atoms. The number of hydrogen-bond donors (Lipinski definition) is 1. The Morgan fingerprint density at radius 2 is 2.18 bits per heavy atom. The van der Waals surface area contributed by atoms with E-state index < -0.39 is 15.5 Å². The highest BCUT2D eigenvalue weighted by Gasteiger charge is 2.32. The second-order valence-corrected chi connectivity index (χ2v) is 6.30. The molecule has 0 fully saturated rings. The van der Waals surface area contributed by atoms with E-state index in [1.54, 1.807) is 12.1 Å². The highest BCUT2D eigenvalue weighted by atomic mass is 35.5. The van der Waals surface area contributed by atoms with Crippen LogP contribution in [0.1, 0.15) is 12.8 Å².